The zero-order valence-corrected chi connectivity index (χ0v) is 16.1. The smallest absolute Gasteiger partial charge is 0.182 e. The van der Waals surface area contributed by atoms with Gasteiger partial charge in [0.25, 0.3) is 0 Å². The second-order valence-electron chi connectivity index (χ2n) is 7.14. The van der Waals surface area contributed by atoms with Crippen molar-refractivity contribution in [3.8, 4) is 0 Å². The van der Waals surface area contributed by atoms with Gasteiger partial charge in [0.2, 0.25) is 0 Å². The monoisotopic (exact) mass is 369 g/mol. The summed E-state index contributed by atoms with van der Waals surface area (Å²) in [5.41, 5.74) is 16.4. The Balaban J connectivity index is 1.74. The van der Waals surface area contributed by atoms with Crippen LogP contribution in [-0.2, 0) is 0 Å². The number of nitrogens with one attached hydrogen (secondary N) is 1. The summed E-state index contributed by atoms with van der Waals surface area (Å²) in [6, 6.07) is 3.64. The number of hydrogen-bond acceptors (Lipinski definition) is 8. The van der Waals surface area contributed by atoms with Crippen molar-refractivity contribution < 1.29 is 0 Å². The molecule has 9 heteroatoms. The third-order valence-electron chi connectivity index (χ3n) is 4.91. The van der Waals surface area contributed by atoms with Crippen molar-refractivity contribution in [1.29, 1.82) is 0 Å². The second-order valence-corrected chi connectivity index (χ2v) is 7.14. The number of rotatable bonds is 3. The average Bonchev–Trinajstić information content (AvgIpc) is 3.03. The molecule has 0 spiro atoms. The van der Waals surface area contributed by atoms with Gasteiger partial charge in [0.05, 0.1) is 0 Å². The van der Waals surface area contributed by atoms with Gasteiger partial charge < -0.3 is 21.3 Å². The van der Waals surface area contributed by atoms with Crippen LogP contribution >= 0.6 is 0 Å². The number of aromatic nitrogens is 1. The van der Waals surface area contributed by atoms with Gasteiger partial charge in [-0.15, -0.1) is 0 Å². The fourth-order valence-electron chi connectivity index (χ4n) is 3.08. The standard InChI is InChI=1S/C18H27N9/c1-12(27-9-6-18(2,20)7-10-27)23-16-15(21-3)17(25-24-16)26(4)13-5-8-22-14(19)11-13/h5,8,11H,1,6-7,9-10,20H2,2-4H3,(H2,19,22)(H,21,23,24). The van der Waals surface area contributed by atoms with E-state index in [4.69, 9.17) is 11.5 Å². The Morgan fingerprint density at radius 2 is 2.11 bits per heavy atom. The number of likely N-dealkylation sites (tertiary alicyclic amines) is 1. The van der Waals surface area contributed by atoms with Crippen molar-refractivity contribution >= 4 is 28.9 Å². The maximum absolute atomic E-state index is 6.20. The fourth-order valence-corrected chi connectivity index (χ4v) is 3.08. The van der Waals surface area contributed by atoms with Crippen LogP contribution in [0.3, 0.4) is 0 Å². The molecule has 1 saturated heterocycles. The van der Waals surface area contributed by atoms with E-state index in [1.807, 2.05) is 18.0 Å². The predicted octanol–water partition coefficient (Wildman–Crippen LogP) is 0.770. The van der Waals surface area contributed by atoms with E-state index in [2.05, 4.69) is 43.9 Å². The lowest BCUT2D eigenvalue weighted by molar-refractivity contribution is 0.209. The van der Waals surface area contributed by atoms with Crippen molar-refractivity contribution in [3.05, 3.63) is 30.7 Å². The van der Waals surface area contributed by atoms with Crippen LogP contribution in [0.15, 0.2) is 45.8 Å². The molecule has 0 saturated carbocycles. The van der Waals surface area contributed by atoms with E-state index in [0.717, 1.165) is 31.6 Å². The SMILES string of the molecule is C=C(N=C1NN=C(N(C)c2ccnc(N)c2)C1=NC)N1CCC(C)(N)CC1. The predicted molar refractivity (Wildman–Crippen MR) is 111 cm³/mol. The summed E-state index contributed by atoms with van der Waals surface area (Å²) in [6.45, 7) is 7.87. The van der Waals surface area contributed by atoms with Gasteiger partial charge in [0.1, 0.15) is 17.4 Å². The van der Waals surface area contributed by atoms with E-state index in [0.29, 0.717) is 29.0 Å². The molecule has 9 nitrogen and oxygen atoms in total. The van der Waals surface area contributed by atoms with Crippen molar-refractivity contribution in [3.63, 3.8) is 0 Å². The van der Waals surface area contributed by atoms with Crippen LogP contribution in [-0.4, -0.2) is 60.0 Å². The minimum absolute atomic E-state index is 0.114. The van der Waals surface area contributed by atoms with E-state index in [9.17, 15) is 0 Å². The average molecular weight is 369 g/mol. The second kappa shape index (κ2) is 7.36. The van der Waals surface area contributed by atoms with Gasteiger partial charge in [0, 0.05) is 50.7 Å². The lowest BCUT2D eigenvalue weighted by Gasteiger charge is -2.37. The lowest BCUT2D eigenvalue weighted by atomic mass is 9.91. The number of hydrogen-bond donors (Lipinski definition) is 3. The third-order valence-corrected chi connectivity index (χ3v) is 4.91. The molecule has 27 heavy (non-hydrogen) atoms. The summed E-state index contributed by atoms with van der Waals surface area (Å²) in [5.74, 6) is 2.36. The Bertz CT molecular complexity index is 812. The van der Waals surface area contributed by atoms with E-state index in [-0.39, 0.29) is 5.54 Å². The minimum atomic E-state index is -0.114. The number of nitrogens with zero attached hydrogens (tertiary/aromatic N) is 6. The molecule has 1 aromatic heterocycles. The third kappa shape index (κ3) is 4.08. The van der Waals surface area contributed by atoms with Gasteiger partial charge >= 0.3 is 0 Å². The highest BCUT2D eigenvalue weighted by molar-refractivity contribution is 6.71. The molecule has 3 rings (SSSR count). The Labute approximate surface area is 159 Å². The first-order valence-electron chi connectivity index (χ1n) is 8.88. The number of piperidine rings is 1. The van der Waals surface area contributed by atoms with E-state index in [1.54, 1.807) is 19.3 Å². The van der Waals surface area contributed by atoms with Crippen LogP contribution in [0.5, 0.6) is 0 Å². The van der Waals surface area contributed by atoms with E-state index >= 15 is 0 Å². The maximum Gasteiger partial charge on any atom is 0.182 e. The Kier molecular flexibility index (Phi) is 5.13. The number of anilines is 2. The zero-order chi connectivity index (χ0) is 19.6. The summed E-state index contributed by atoms with van der Waals surface area (Å²) in [5, 5.41) is 4.39. The molecule has 144 valence electrons. The largest absolute Gasteiger partial charge is 0.384 e. The minimum Gasteiger partial charge on any atom is -0.384 e. The molecular formula is C18H27N9. The van der Waals surface area contributed by atoms with Gasteiger partial charge in [-0.3, -0.25) is 10.4 Å². The number of nitrogen functional groups attached to an aromatic ring is 1. The molecule has 0 atom stereocenters. The number of hydrazone groups is 1. The Hall–Kier alpha value is -2.94. The van der Waals surface area contributed by atoms with Gasteiger partial charge in [-0.1, -0.05) is 6.58 Å². The number of pyridine rings is 1. The van der Waals surface area contributed by atoms with E-state index < -0.39 is 0 Å². The first-order valence-corrected chi connectivity index (χ1v) is 8.88. The highest BCUT2D eigenvalue weighted by Gasteiger charge is 2.29. The molecule has 0 aliphatic carbocycles. The summed E-state index contributed by atoms with van der Waals surface area (Å²) in [7, 11) is 3.61. The number of amidine groups is 2. The fraction of sp³-hybridized carbons (Fsp3) is 0.444. The normalized spacial score (nSPS) is 21.9. The zero-order valence-electron chi connectivity index (χ0n) is 16.1. The molecule has 2 aliphatic heterocycles. The highest BCUT2D eigenvalue weighted by atomic mass is 15.4. The first kappa shape index (κ1) is 18.8. The van der Waals surface area contributed by atoms with Gasteiger partial charge in [-0.25, -0.2) is 9.98 Å². The molecule has 3 heterocycles. The molecule has 0 aromatic carbocycles. The highest BCUT2D eigenvalue weighted by Crippen LogP contribution is 2.22. The molecule has 2 aliphatic rings. The molecular weight excluding hydrogens is 342 g/mol. The molecule has 0 radical (unpaired) electrons. The summed E-state index contributed by atoms with van der Waals surface area (Å²) >= 11 is 0. The quantitative estimate of drug-likeness (QED) is 0.724. The molecule has 0 unspecified atom stereocenters. The van der Waals surface area contributed by atoms with Crippen LogP contribution in [0.2, 0.25) is 0 Å². The van der Waals surface area contributed by atoms with Crippen molar-refractivity contribution in [1.82, 2.24) is 15.3 Å². The summed E-state index contributed by atoms with van der Waals surface area (Å²) in [6.07, 6.45) is 3.48. The van der Waals surface area contributed by atoms with Gasteiger partial charge in [-0.05, 0) is 25.8 Å². The van der Waals surface area contributed by atoms with Crippen molar-refractivity contribution in [2.75, 3.05) is 37.8 Å². The lowest BCUT2D eigenvalue weighted by Crippen LogP contribution is -2.47. The molecule has 5 N–H and O–H groups in total. The number of nitrogens with two attached hydrogens (primary N) is 2. The van der Waals surface area contributed by atoms with E-state index in [1.165, 1.54) is 0 Å². The number of aliphatic imine (C=N–C) groups is 2. The van der Waals surface area contributed by atoms with Crippen LogP contribution < -0.4 is 21.8 Å². The van der Waals surface area contributed by atoms with Crippen LogP contribution in [0, 0.1) is 0 Å². The molecule has 0 bridgehead atoms. The van der Waals surface area contributed by atoms with Gasteiger partial charge in [-0.2, -0.15) is 5.10 Å². The molecule has 1 aromatic rings. The Morgan fingerprint density at radius 1 is 1.41 bits per heavy atom. The van der Waals surface area contributed by atoms with Gasteiger partial charge in [0.15, 0.2) is 11.7 Å². The summed E-state index contributed by atoms with van der Waals surface area (Å²) in [4.78, 5) is 17.0. The molecule has 0 amide bonds. The summed E-state index contributed by atoms with van der Waals surface area (Å²) < 4.78 is 0. The van der Waals surface area contributed by atoms with Crippen LogP contribution in [0.25, 0.3) is 0 Å². The molecule has 1 fully saturated rings. The maximum atomic E-state index is 6.20. The van der Waals surface area contributed by atoms with Crippen molar-refractivity contribution in [2.24, 2.45) is 20.8 Å². The van der Waals surface area contributed by atoms with Crippen LogP contribution in [0.1, 0.15) is 19.8 Å². The first-order chi connectivity index (χ1) is 12.8. The topological polar surface area (TPSA) is 121 Å². The Morgan fingerprint density at radius 3 is 2.74 bits per heavy atom. The van der Waals surface area contributed by atoms with Crippen molar-refractivity contribution in [2.45, 2.75) is 25.3 Å². The van der Waals surface area contributed by atoms with Crippen LogP contribution in [0.4, 0.5) is 11.5 Å².